The minimum absolute atomic E-state index is 0. The van der Waals surface area contributed by atoms with Crippen molar-refractivity contribution < 1.29 is 9.84 Å². The van der Waals surface area contributed by atoms with E-state index in [1.807, 2.05) is 39.4 Å². The third-order valence-electron chi connectivity index (χ3n) is 4.64. The summed E-state index contributed by atoms with van der Waals surface area (Å²) in [6.45, 7) is 7.36. The van der Waals surface area contributed by atoms with Crippen LogP contribution in [0.3, 0.4) is 0 Å². The standard InChI is InChI=1S/C20H26N6O2S2.H2/c1-12-11-21-19(15-8-9-17(29-15)30(27,28)25-20(2,3)4)23-18(12)22-16-10-14(13-6-7-13)26(5)24-16;/h8-11,13,25H,6-7H2,1-5H3,(H,21,22,23,24);1H. The number of aryl methyl sites for hydroxylation is 2. The van der Waals surface area contributed by atoms with Gasteiger partial charge < -0.3 is 5.32 Å². The summed E-state index contributed by atoms with van der Waals surface area (Å²) in [5.74, 6) is 2.49. The van der Waals surface area contributed by atoms with Crippen LogP contribution in [0, 0.1) is 6.92 Å². The molecule has 1 saturated carbocycles. The van der Waals surface area contributed by atoms with Crippen molar-refractivity contribution in [1.29, 1.82) is 0 Å². The number of rotatable bonds is 6. The molecule has 0 aromatic carbocycles. The highest BCUT2D eigenvalue weighted by Gasteiger charge is 2.27. The summed E-state index contributed by atoms with van der Waals surface area (Å²) >= 11 is 1.15. The molecule has 0 atom stereocenters. The van der Waals surface area contributed by atoms with E-state index in [1.165, 1.54) is 18.5 Å². The van der Waals surface area contributed by atoms with E-state index in [0.29, 0.717) is 22.4 Å². The molecule has 10 heteroatoms. The van der Waals surface area contributed by atoms with Crippen molar-refractivity contribution in [2.24, 2.45) is 7.05 Å². The molecule has 0 aliphatic heterocycles. The van der Waals surface area contributed by atoms with E-state index in [0.717, 1.165) is 22.7 Å². The van der Waals surface area contributed by atoms with E-state index in [-0.39, 0.29) is 5.64 Å². The van der Waals surface area contributed by atoms with Crippen molar-refractivity contribution in [2.75, 3.05) is 5.32 Å². The van der Waals surface area contributed by atoms with Crippen LogP contribution in [-0.4, -0.2) is 33.7 Å². The van der Waals surface area contributed by atoms with Crippen LogP contribution in [-0.2, 0) is 17.1 Å². The molecule has 30 heavy (non-hydrogen) atoms. The van der Waals surface area contributed by atoms with Crippen LogP contribution in [0.4, 0.5) is 11.6 Å². The van der Waals surface area contributed by atoms with Crippen molar-refractivity contribution in [3.8, 4) is 10.7 Å². The van der Waals surface area contributed by atoms with Gasteiger partial charge in [-0.15, -0.1) is 11.3 Å². The van der Waals surface area contributed by atoms with Crippen LogP contribution >= 0.6 is 11.3 Å². The molecule has 162 valence electrons. The molecule has 3 aromatic rings. The fourth-order valence-electron chi connectivity index (χ4n) is 3.15. The largest absolute Gasteiger partial charge is 0.323 e. The molecule has 2 N–H and O–H groups in total. The van der Waals surface area contributed by atoms with Gasteiger partial charge in [-0.1, -0.05) is 0 Å². The first-order valence-electron chi connectivity index (χ1n) is 9.81. The molecule has 0 unspecified atom stereocenters. The molecule has 3 aromatic heterocycles. The Bertz CT molecular complexity index is 1190. The zero-order valence-electron chi connectivity index (χ0n) is 17.7. The maximum Gasteiger partial charge on any atom is 0.250 e. The Labute approximate surface area is 182 Å². The average molecular weight is 449 g/mol. The Hall–Kier alpha value is -2.30. The molecule has 0 bridgehead atoms. The van der Waals surface area contributed by atoms with Crippen LogP contribution in [0.5, 0.6) is 0 Å². The molecule has 1 aliphatic carbocycles. The van der Waals surface area contributed by atoms with Crippen LogP contribution in [0.1, 0.15) is 52.2 Å². The van der Waals surface area contributed by atoms with Gasteiger partial charge in [0.2, 0.25) is 0 Å². The lowest BCUT2D eigenvalue weighted by Gasteiger charge is -2.19. The molecule has 4 rings (SSSR count). The number of nitrogens with one attached hydrogen (secondary N) is 2. The van der Waals surface area contributed by atoms with Crippen LogP contribution in [0.15, 0.2) is 28.6 Å². The molecule has 0 saturated heterocycles. The maximum atomic E-state index is 12.6. The van der Waals surface area contributed by atoms with Crippen LogP contribution < -0.4 is 10.0 Å². The lowest BCUT2D eigenvalue weighted by molar-refractivity contribution is 0.492. The first kappa shape index (κ1) is 21.0. The van der Waals surface area contributed by atoms with E-state index in [4.69, 9.17) is 0 Å². The van der Waals surface area contributed by atoms with Crippen molar-refractivity contribution in [1.82, 2.24) is 24.5 Å². The number of hydrogen-bond donors (Lipinski definition) is 2. The third-order valence-corrected chi connectivity index (χ3v) is 7.97. The minimum Gasteiger partial charge on any atom is -0.323 e. The van der Waals surface area contributed by atoms with Gasteiger partial charge in [0, 0.05) is 43.5 Å². The highest BCUT2D eigenvalue weighted by molar-refractivity contribution is 7.91. The summed E-state index contributed by atoms with van der Waals surface area (Å²) in [4.78, 5) is 9.72. The third kappa shape index (κ3) is 4.55. The molecular weight excluding hydrogens is 420 g/mol. The Morgan fingerprint density at radius 3 is 2.67 bits per heavy atom. The van der Waals surface area contributed by atoms with E-state index in [1.54, 1.807) is 18.3 Å². The predicted molar refractivity (Wildman–Crippen MR) is 121 cm³/mol. The number of aromatic nitrogens is 4. The van der Waals surface area contributed by atoms with Crippen LogP contribution in [0.2, 0.25) is 0 Å². The quantitative estimate of drug-likeness (QED) is 0.586. The normalized spacial score (nSPS) is 14.8. The summed E-state index contributed by atoms with van der Waals surface area (Å²) < 4.78 is 30.0. The van der Waals surface area contributed by atoms with Gasteiger partial charge in [-0.3, -0.25) is 4.68 Å². The first-order valence-corrected chi connectivity index (χ1v) is 12.1. The number of thiophene rings is 1. The van der Waals surface area contributed by atoms with E-state index in [2.05, 4.69) is 31.2 Å². The molecule has 0 amide bonds. The summed E-state index contributed by atoms with van der Waals surface area (Å²) in [6.07, 6.45) is 4.16. The maximum absolute atomic E-state index is 12.6. The number of sulfonamides is 1. The fraction of sp³-hybridized carbons (Fsp3) is 0.450. The minimum atomic E-state index is -3.59. The highest BCUT2D eigenvalue weighted by Crippen LogP contribution is 2.40. The second-order valence-corrected chi connectivity index (χ2v) is 11.7. The van der Waals surface area contributed by atoms with Gasteiger partial charge in [-0.25, -0.2) is 23.1 Å². The van der Waals surface area contributed by atoms with E-state index in [9.17, 15) is 8.42 Å². The Balaban J connectivity index is 0.00000272. The zero-order valence-corrected chi connectivity index (χ0v) is 19.4. The molecular formula is C20H28N6O2S2. The Morgan fingerprint density at radius 2 is 2.00 bits per heavy atom. The van der Waals surface area contributed by atoms with E-state index >= 15 is 0 Å². The number of hydrogen-bond acceptors (Lipinski definition) is 7. The Morgan fingerprint density at radius 1 is 1.27 bits per heavy atom. The van der Waals surface area contributed by atoms with Crippen molar-refractivity contribution in [3.63, 3.8) is 0 Å². The van der Waals surface area contributed by atoms with Gasteiger partial charge in [-0.05, 0) is 52.7 Å². The molecule has 0 spiro atoms. The summed E-state index contributed by atoms with van der Waals surface area (Å²) in [7, 11) is -1.64. The first-order chi connectivity index (χ1) is 14.0. The topological polar surface area (TPSA) is 102 Å². The van der Waals surface area contributed by atoms with Crippen LogP contribution in [0.25, 0.3) is 10.7 Å². The van der Waals surface area contributed by atoms with Gasteiger partial charge in [0.1, 0.15) is 10.0 Å². The second-order valence-electron chi connectivity index (χ2n) is 8.68. The Kier molecular flexibility index (Phi) is 5.19. The van der Waals surface area contributed by atoms with Gasteiger partial charge in [-0.2, -0.15) is 5.10 Å². The molecule has 8 nitrogen and oxygen atoms in total. The van der Waals surface area contributed by atoms with E-state index < -0.39 is 15.6 Å². The monoisotopic (exact) mass is 448 g/mol. The van der Waals surface area contributed by atoms with Gasteiger partial charge in [0.05, 0.1) is 4.88 Å². The molecule has 1 aliphatic rings. The molecule has 0 radical (unpaired) electrons. The number of nitrogens with zero attached hydrogens (tertiary/aromatic N) is 4. The summed E-state index contributed by atoms with van der Waals surface area (Å²) in [5, 5.41) is 7.83. The molecule has 1 fully saturated rings. The van der Waals surface area contributed by atoms with Gasteiger partial charge >= 0.3 is 0 Å². The lowest BCUT2D eigenvalue weighted by Crippen LogP contribution is -2.40. The van der Waals surface area contributed by atoms with Crippen molar-refractivity contribution in [2.45, 2.75) is 56.2 Å². The highest BCUT2D eigenvalue weighted by atomic mass is 32.2. The SMILES string of the molecule is Cc1cnc(-c2ccc(S(=O)(=O)NC(C)(C)C)s2)nc1Nc1cc(C2CC2)n(C)n1.[HH]. The second kappa shape index (κ2) is 7.44. The lowest BCUT2D eigenvalue weighted by atomic mass is 10.1. The van der Waals surface area contributed by atoms with Gasteiger partial charge in [0.15, 0.2) is 11.6 Å². The fourth-order valence-corrected chi connectivity index (χ4v) is 5.82. The predicted octanol–water partition coefficient (Wildman–Crippen LogP) is 4.19. The average Bonchev–Trinajstić information content (AvgIpc) is 3.20. The summed E-state index contributed by atoms with van der Waals surface area (Å²) in [5.41, 5.74) is 1.56. The number of anilines is 2. The van der Waals surface area contributed by atoms with Crippen molar-refractivity contribution in [3.05, 3.63) is 35.7 Å². The van der Waals surface area contributed by atoms with Gasteiger partial charge in [0.25, 0.3) is 10.0 Å². The smallest absolute Gasteiger partial charge is 0.250 e. The zero-order chi connectivity index (χ0) is 21.7. The molecule has 3 heterocycles. The summed E-state index contributed by atoms with van der Waals surface area (Å²) in [6, 6.07) is 5.39. The van der Waals surface area contributed by atoms with Crippen molar-refractivity contribution >= 4 is 33.0 Å².